The van der Waals surface area contributed by atoms with Gasteiger partial charge in [0, 0.05) is 18.5 Å². The summed E-state index contributed by atoms with van der Waals surface area (Å²) in [6.07, 6.45) is 6.10. The molecule has 0 fully saturated rings. The van der Waals surface area contributed by atoms with Gasteiger partial charge in [-0.2, -0.15) is 5.10 Å². The predicted molar refractivity (Wildman–Crippen MR) is 48.0 cm³/mol. The number of aromatic amines is 1. The molecule has 0 saturated carbocycles. The summed E-state index contributed by atoms with van der Waals surface area (Å²) >= 11 is 0. The Balaban J connectivity index is 2.29. The maximum absolute atomic E-state index is 10.8. The van der Waals surface area contributed by atoms with Crippen LogP contribution < -0.4 is 5.32 Å². The average molecular weight is 181 g/mol. The van der Waals surface area contributed by atoms with Crippen molar-refractivity contribution in [3.05, 3.63) is 24.7 Å². The number of carbonyl (C=O) groups is 1. The molecular weight excluding hydrogens is 170 g/mol. The molecule has 5 heteroatoms. The topological polar surface area (TPSA) is 67.0 Å². The number of anilines is 1. The van der Waals surface area contributed by atoms with Crippen LogP contribution in [0, 0.1) is 0 Å². The highest BCUT2D eigenvalue weighted by Gasteiger charge is 1.92. The van der Waals surface area contributed by atoms with Gasteiger partial charge in [0.1, 0.15) is 0 Å². The number of H-pyrrole nitrogens is 1. The average Bonchev–Trinajstić information content (AvgIpc) is 2.57. The zero-order valence-electron chi connectivity index (χ0n) is 7.28. The van der Waals surface area contributed by atoms with E-state index in [1.165, 1.54) is 12.3 Å². The zero-order chi connectivity index (χ0) is 9.52. The smallest absolute Gasteiger partial charge is 0.332 e. The van der Waals surface area contributed by atoms with Crippen molar-refractivity contribution in [2.24, 2.45) is 0 Å². The summed E-state index contributed by atoms with van der Waals surface area (Å²) < 4.78 is 4.67. The van der Waals surface area contributed by atoms with Gasteiger partial charge in [-0.15, -0.1) is 0 Å². The first kappa shape index (κ1) is 9.31. The Morgan fingerprint density at radius 3 is 3.31 bits per heavy atom. The SMILES string of the molecule is CCOC(=O)/C=C/Nc1cn[nH]c1. The van der Waals surface area contributed by atoms with Gasteiger partial charge in [-0.1, -0.05) is 0 Å². The van der Waals surface area contributed by atoms with Crippen molar-refractivity contribution in [3.63, 3.8) is 0 Å². The molecule has 0 radical (unpaired) electrons. The van der Waals surface area contributed by atoms with Crippen molar-refractivity contribution in [2.75, 3.05) is 11.9 Å². The van der Waals surface area contributed by atoms with Crippen LogP contribution in [-0.4, -0.2) is 22.8 Å². The molecule has 0 aliphatic rings. The Bertz CT molecular complexity index is 280. The van der Waals surface area contributed by atoms with Crippen molar-refractivity contribution in [2.45, 2.75) is 6.92 Å². The molecule has 0 bridgehead atoms. The van der Waals surface area contributed by atoms with Crippen LogP contribution in [0.5, 0.6) is 0 Å². The van der Waals surface area contributed by atoms with Gasteiger partial charge in [-0.3, -0.25) is 5.10 Å². The Morgan fingerprint density at radius 2 is 2.69 bits per heavy atom. The molecule has 70 valence electrons. The van der Waals surface area contributed by atoms with Gasteiger partial charge in [0.25, 0.3) is 0 Å². The quantitative estimate of drug-likeness (QED) is 0.535. The number of hydrogen-bond acceptors (Lipinski definition) is 4. The zero-order valence-corrected chi connectivity index (χ0v) is 7.28. The van der Waals surface area contributed by atoms with E-state index in [1.807, 2.05) is 0 Å². The number of hydrogen-bond donors (Lipinski definition) is 2. The minimum atomic E-state index is -0.363. The van der Waals surface area contributed by atoms with Crippen LogP contribution in [0.3, 0.4) is 0 Å². The molecule has 1 rings (SSSR count). The van der Waals surface area contributed by atoms with Crippen LogP contribution in [0.2, 0.25) is 0 Å². The Labute approximate surface area is 75.8 Å². The van der Waals surface area contributed by atoms with Crippen molar-refractivity contribution in [1.82, 2.24) is 10.2 Å². The second-order valence-electron chi connectivity index (χ2n) is 2.22. The Hall–Kier alpha value is -1.78. The summed E-state index contributed by atoms with van der Waals surface area (Å²) in [5.41, 5.74) is 0.792. The van der Waals surface area contributed by atoms with E-state index in [4.69, 9.17) is 0 Å². The molecule has 1 aromatic heterocycles. The van der Waals surface area contributed by atoms with Gasteiger partial charge >= 0.3 is 5.97 Å². The lowest BCUT2D eigenvalue weighted by Gasteiger charge is -1.95. The van der Waals surface area contributed by atoms with E-state index in [0.29, 0.717) is 6.61 Å². The molecule has 0 amide bonds. The van der Waals surface area contributed by atoms with Crippen LogP contribution in [-0.2, 0) is 9.53 Å². The van der Waals surface area contributed by atoms with Crippen LogP contribution in [0.1, 0.15) is 6.92 Å². The third-order valence-corrected chi connectivity index (χ3v) is 1.25. The summed E-state index contributed by atoms with van der Waals surface area (Å²) in [5.74, 6) is -0.363. The van der Waals surface area contributed by atoms with Gasteiger partial charge in [0.05, 0.1) is 18.5 Å². The third kappa shape index (κ3) is 3.42. The highest BCUT2D eigenvalue weighted by molar-refractivity contribution is 5.82. The molecule has 0 aliphatic carbocycles. The van der Waals surface area contributed by atoms with E-state index in [2.05, 4.69) is 20.3 Å². The molecule has 1 aromatic rings. The van der Waals surface area contributed by atoms with Crippen molar-refractivity contribution in [1.29, 1.82) is 0 Å². The lowest BCUT2D eigenvalue weighted by atomic mass is 10.5. The molecule has 0 unspecified atom stereocenters. The van der Waals surface area contributed by atoms with Crippen molar-refractivity contribution < 1.29 is 9.53 Å². The minimum Gasteiger partial charge on any atom is -0.463 e. The second kappa shape index (κ2) is 4.97. The monoisotopic (exact) mass is 181 g/mol. The minimum absolute atomic E-state index is 0.363. The van der Waals surface area contributed by atoms with Gasteiger partial charge in [-0.05, 0) is 6.92 Å². The highest BCUT2D eigenvalue weighted by atomic mass is 16.5. The van der Waals surface area contributed by atoms with Crippen molar-refractivity contribution in [3.8, 4) is 0 Å². The molecule has 1 heterocycles. The Morgan fingerprint density at radius 1 is 1.85 bits per heavy atom. The molecule has 13 heavy (non-hydrogen) atoms. The third-order valence-electron chi connectivity index (χ3n) is 1.25. The number of ether oxygens (including phenoxy) is 1. The van der Waals surface area contributed by atoms with Crippen LogP contribution in [0.4, 0.5) is 5.69 Å². The summed E-state index contributed by atoms with van der Waals surface area (Å²) in [4.78, 5) is 10.8. The molecule has 2 N–H and O–H groups in total. The number of esters is 1. The van der Waals surface area contributed by atoms with E-state index in [0.717, 1.165) is 5.69 Å². The standard InChI is InChI=1S/C8H11N3O2/c1-2-13-8(12)3-4-9-7-5-10-11-6-7/h3-6,9H,2H2,1H3,(H,10,11)/b4-3+. The van der Waals surface area contributed by atoms with Crippen LogP contribution in [0.25, 0.3) is 0 Å². The first-order chi connectivity index (χ1) is 6.33. The maximum Gasteiger partial charge on any atom is 0.332 e. The van der Waals surface area contributed by atoms with Crippen LogP contribution in [0.15, 0.2) is 24.7 Å². The molecule has 5 nitrogen and oxygen atoms in total. The molecule has 0 aliphatic heterocycles. The number of carbonyl (C=O) groups excluding carboxylic acids is 1. The maximum atomic E-state index is 10.8. The van der Waals surface area contributed by atoms with E-state index in [9.17, 15) is 4.79 Å². The van der Waals surface area contributed by atoms with E-state index in [1.54, 1.807) is 19.3 Å². The largest absolute Gasteiger partial charge is 0.463 e. The van der Waals surface area contributed by atoms with Gasteiger partial charge in [0.15, 0.2) is 0 Å². The Kier molecular flexibility index (Phi) is 3.56. The summed E-state index contributed by atoms with van der Waals surface area (Å²) in [6, 6.07) is 0. The lowest BCUT2D eigenvalue weighted by molar-refractivity contribution is -0.137. The van der Waals surface area contributed by atoms with Gasteiger partial charge < -0.3 is 10.1 Å². The fourth-order valence-corrected chi connectivity index (χ4v) is 0.726. The molecule has 0 aromatic carbocycles. The molecule has 0 saturated heterocycles. The molecular formula is C8H11N3O2. The van der Waals surface area contributed by atoms with Gasteiger partial charge in [-0.25, -0.2) is 4.79 Å². The summed E-state index contributed by atoms with van der Waals surface area (Å²) in [5, 5.41) is 9.19. The predicted octanol–water partition coefficient (Wildman–Crippen LogP) is 0.898. The second-order valence-corrected chi connectivity index (χ2v) is 2.22. The summed E-state index contributed by atoms with van der Waals surface area (Å²) in [7, 11) is 0. The van der Waals surface area contributed by atoms with E-state index >= 15 is 0 Å². The van der Waals surface area contributed by atoms with Gasteiger partial charge in [0.2, 0.25) is 0 Å². The van der Waals surface area contributed by atoms with E-state index < -0.39 is 0 Å². The normalized spacial score (nSPS) is 10.2. The highest BCUT2D eigenvalue weighted by Crippen LogP contribution is 1.99. The fraction of sp³-hybridized carbons (Fsp3) is 0.250. The number of nitrogens with one attached hydrogen (secondary N) is 2. The van der Waals surface area contributed by atoms with Crippen molar-refractivity contribution >= 4 is 11.7 Å². The summed E-state index contributed by atoms with van der Waals surface area (Å²) in [6.45, 7) is 2.14. The number of aromatic nitrogens is 2. The first-order valence-electron chi connectivity index (χ1n) is 3.91. The number of nitrogens with zero attached hydrogens (tertiary/aromatic N) is 1. The molecule has 0 spiro atoms. The fourth-order valence-electron chi connectivity index (χ4n) is 0.726. The first-order valence-corrected chi connectivity index (χ1v) is 3.91. The lowest BCUT2D eigenvalue weighted by Crippen LogP contribution is -2.00. The van der Waals surface area contributed by atoms with E-state index in [-0.39, 0.29) is 5.97 Å². The van der Waals surface area contributed by atoms with Crippen LogP contribution >= 0.6 is 0 Å². The molecule has 0 atom stereocenters. The number of rotatable bonds is 4.